The predicted octanol–water partition coefficient (Wildman–Crippen LogP) is 20.4. The Labute approximate surface area is 505 Å². The van der Waals surface area contributed by atoms with Crippen molar-refractivity contribution < 1.29 is 0 Å². The molecular weight excluding hydrogens is 1020 g/mol. The number of hydrogen-bond acceptors (Lipinski definition) is 4. The normalized spacial score (nSPS) is 24.5. The van der Waals surface area contributed by atoms with Crippen LogP contribution in [0, 0.1) is 0 Å². The second kappa shape index (κ2) is 17.3. The molecule has 0 N–H and O–H groups in total. The molecule has 2 atom stereocenters. The lowest BCUT2D eigenvalue weighted by Crippen LogP contribution is -2.61. The van der Waals surface area contributed by atoms with E-state index in [1.54, 1.807) is 5.56 Å². The van der Waals surface area contributed by atoms with Crippen LogP contribution >= 0.6 is 11.3 Å². The molecule has 5 heteroatoms. The maximum Gasteiger partial charge on any atom is 0.264 e. The van der Waals surface area contributed by atoms with Gasteiger partial charge in [-0.05, 0) is 223 Å². The largest absolute Gasteiger partial charge is 0.334 e. The molecule has 4 heterocycles. The highest BCUT2D eigenvalue weighted by Gasteiger charge is 2.59. The smallest absolute Gasteiger partial charge is 0.264 e. The number of benzene rings is 6. The summed E-state index contributed by atoms with van der Waals surface area (Å²) in [5, 5.41) is 1.41. The van der Waals surface area contributed by atoms with E-state index in [1.165, 1.54) is 174 Å². The first-order valence-electron chi connectivity index (χ1n) is 32.4. The van der Waals surface area contributed by atoms with E-state index in [4.69, 9.17) is 0 Å². The third-order valence-corrected chi connectivity index (χ3v) is 25.1. The van der Waals surface area contributed by atoms with Crippen LogP contribution in [-0.2, 0) is 48.7 Å². The Balaban J connectivity index is 1.15. The summed E-state index contributed by atoms with van der Waals surface area (Å²) < 4.78 is 2.90. The van der Waals surface area contributed by atoms with Gasteiger partial charge in [-0.2, -0.15) is 0 Å². The summed E-state index contributed by atoms with van der Waals surface area (Å²) in [6.07, 6.45) is 11.9. The van der Waals surface area contributed by atoms with Crippen molar-refractivity contribution in [2.24, 2.45) is 0 Å². The molecular formula is C78H96BN3S. The number of thiophene rings is 1. The molecule has 4 aliphatic carbocycles. The van der Waals surface area contributed by atoms with Gasteiger partial charge in [0.15, 0.2) is 0 Å². The SMILES string of the molecule is CC(C)(C)c1ccc2c(c1)B1c3sc4cc5c(cc4c3N(c3ccc4c(c3)C(C)(C)CCC4(C)C)c3cc(N4c6ccc(C(C)(C)C)cc6C6(C)CCCCC46C)cc(c31)N2c1ccc2c(c1)C(C)(C)CCC2(C)C)C(C)(C)CCC5(C)C. The van der Waals surface area contributed by atoms with Crippen LogP contribution in [0.1, 0.15) is 253 Å². The summed E-state index contributed by atoms with van der Waals surface area (Å²) in [7, 11) is 0. The fourth-order valence-corrected chi connectivity index (χ4v) is 19.1. The van der Waals surface area contributed by atoms with E-state index < -0.39 is 0 Å². The van der Waals surface area contributed by atoms with Crippen LogP contribution in [0.5, 0.6) is 0 Å². The molecule has 2 unspecified atom stereocenters. The molecule has 432 valence electrons. The highest BCUT2D eigenvalue weighted by molar-refractivity contribution is 7.33. The van der Waals surface area contributed by atoms with E-state index in [0.717, 1.165) is 6.42 Å². The Bertz CT molecular complexity index is 3920. The lowest BCUT2D eigenvalue weighted by molar-refractivity contribution is 0.195. The van der Waals surface area contributed by atoms with E-state index >= 15 is 0 Å². The van der Waals surface area contributed by atoms with Crippen LogP contribution in [0.25, 0.3) is 10.1 Å². The molecule has 0 saturated heterocycles. The summed E-state index contributed by atoms with van der Waals surface area (Å²) in [5.74, 6) is 0. The fourth-order valence-electron chi connectivity index (χ4n) is 17.7. The van der Waals surface area contributed by atoms with E-state index in [9.17, 15) is 0 Å². The molecule has 83 heavy (non-hydrogen) atoms. The summed E-state index contributed by atoms with van der Waals surface area (Å²) in [5.41, 5.74) is 27.2. The third kappa shape index (κ3) is 7.85. The van der Waals surface area contributed by atoms with Crippen LogP contribution in [0.3, 0.4) is 0 Å². The summed E-state index contributed by atoms with van der Waals surface area (Å²) in [6, 6.07) is 41.6. The summed E-state index contributed by atoms with van der Waals surface area (Å²) >= 11 is 2.10. The Morgan fingerprint density at radius 3 is 1.40 bits per heavy atom. The van der Waals surface area contributed by atoms with Gasteiger partial charge in [0.1, 0.15) is 0 Å². The Morgan fingerprint density at radius 1 is 0.398 bits per heavy atom. The summed E-state index contributed by atoms with van der Waals surface area (Å²) in [6.45, 7) is 49.7. The van der Waals surface area contributed by atoms with Crippen LogP contribution in [0.15, 0.2) is 97.1 Å². The van der Waals surface area contributed by atoms with Gasteiger partial charge in [-0.1, -0.05) is 181 Å². The maximum atomic E-state index is 2.90. The third-order valence-electron chi connectivity index (χ3n) is 23.9. The van der Waals surface area contributed by atoms with Crippen molar-refractivity contribution in [3.05, 3.63) is 147 Å². The molecule has 6 aromatic carbocycles. The molecule has 7 aromatic rings. The number of rotatable bonds is 3. The number of hydrogen-bond donors (Lipinski definition) is 0. The topological polar surface area (TPSA) is 9.72 Å². The monoisotopic (exact) mass is 1120 g/mol. The minimum Gasteiger partial charge on any atom is -0.334 e. The van der Waals surface area contributed by atoms with E-state index in [1.807, 2.05) is 0 Å². The van der Waals surface area contributed by atoms with Gasteiger partial charge in [0, 0.05) is 60.1 Å². The van der Waals surface area contributed by atoms with Crippen LogP contribution in [0.2, 0.25) is 0 Å². The average molecular weight is 1120 g/mol. The van der Waals surface area contributed by atoms with Gasteiger partial charge in [-0.15, -0.1) is 11.3 Å². The lowest BCUT2D eigenvalue weighted by atomic mass is 9.36. The second-order valence-electron chi connectivity index (χ2n) is 34.1. The first-order valence-corrected chi connectivity index (χ1v) is 33.2. The number of fused-ring (bicyclic) bond motifs is 12. The van der Waals surface area contributed by atoms with Gasteiger partial charge in [-0.25, -0.2) is 0 Å². The zero-order valence-corrected chi connectivity index (χ0v) is 55.5. The van der Waals surface area contributed by atoms with Gasteiger partial charge < -0.3 is 14.7 Å². The van der Waals surface area contributed by atoms with E-state index in [0.29, 0.717) is 0 Å². The second-order valence-corrected chi connectivity index (χ2v) is 35.2. The van der Waals surface area contributed by atoms with Crippen LogP contribution < -0.4 is 30.4 Å². The molecule has 3 aliphatic heterocycles. The van der Waals surface area contributed by atoms with Gasteiger partial charge >= 0.3 is 0 Å². The minimum absolute atomic E-state index is 0.0149. The molecule has 1 aromatic heterocycles. The zero-order chi connectivity index (χ0) is 59.1. The first kappa shape index (κ1) is 55.6. The average Bonchev–Trinajstić information content (AvgIpc) is 2.22. The number of nitrogens with zero attached hydrogens (tertiary/aromatic N) is 3. The molecule has 1 saturated carbocycles. The first-order chi connectivity index (χ1) is 38.6. The molecule has 0 radical (unpaired) electrons. The van der Waals surface area contributed by atoms with Gasteiger partial charge in [-0.3, -0.25) is 0 Å². The van der Waals surface area contributed by atoms with E-state index in [2.05, 4.69) is 262 Å². The van der Waals surface area contributed by atoms with E-state index in [-0.39, 0.29) is 61.0 Å². The molecule has 1 fully saturated rings. The van der Waals surface area contributed by atoms with Crippen LogP contribution in [-0.4, -0.2) is 12.3 Å². The maximum absolute atomic E-state index is 2.90. The highest BCUT2D eigenvalue weighted by atomic mass is 32.1. The van der Waals surface area contributed by atoms with Crippen molar-refractivity contribution >= 4 is 89.3 Å². The molecule has 0 bridgehead atoms. The van der Waals surface area contributed by atoms with Crippen molar-refractivity contribution in [1.82, 2.24) is 0 Å². The molecule has 7 aliphatic rings. The standard InChI is InChI=1S/C78H96BN3S/c1-69(2,3)47-23-29-61-59(39-47)77(19)31-21-22-32-78(77,20)82(61)51-43-63-66-64(44-51)81(50-26-28-54-56(42-50)74(13,14)36-34-72(54,9)10)67-52-45-57-58(76(17,18)38-37-75(57,15)16)46-65(52)83-68(67)79(66)60-40-48(70(4,5)6)24-30-62(60)80(63)49-25-27-53-55(41-49)73(11,12)35-33-71(53,7)8/h23-30,39-46H,21-22,31-38H2,1-20H3. The predicted molar refractivity (Wildman–Crippen MR) is 362 cm³/mol. The fraction of sp³-hybridized carbons (Fsp3) is 0.513. The van der Waals surface area contributed by atoms with Crippen molar-refractivity contribution in [2.45, 2.75) is 257 Å². The summed E-state index contributed by atoms with van der Waals surface area (Å²) in [4.78, 5) is 8.50. The highest BCUT2D eigenvalue weighted by Crippen LogP contribution is 2.63. The van der Waals surface area contributed by atoms with Crippen molar-refractivity contribution in [3.63, 3.8) is 0 Å². The lowest BCUT2D eigenvalue weighted by Gasteiger charge is -2.51. The Hall–Kier alpha value is -5.26. The van der Waals surface area contributed by atoms with Crippen molar-refractivity contribution in [1.29, 1.82) is 0 Å². The van der Waals surface area contributed by atoms with Crippen LogP contribution in [0.4, 0.5) is 45.5 Å². The van der Waals surface area contributed by atoms with Gasteiger partial charge in [0.25, 0.3) is 6.71 Å². The molecule has 0 amide bonds. The molecule has 14 rings (SSSR count). The van der Waals surface area contributed by atoms with Crippen molar-refractivity contribution in [2.75, 3.05) is 14.7 Å². The van der Waals surface area contributed by atoms with Crippen molar-refractivity contribution in [3.8, 4) is 0 Å². The quantitative estimate of drug-likeness (QED) is 0.163. The molecule has 0 spiro atoms. The van der Waals surface area contributed by atoms with Gasteiger partial charge in [0.2, 0.25) is 0 Å². The number of anilines is 8. The van der Waals surface area contributed by atoms with Gasteiger partial charge in [0.05, 0.1) is 11.2 Å². The Morgan fingerprint density at radius 2 is 0.855 bits per heavy atom. The zero-order valence-electron chi connectivity index (χ0n) is 54.6. The Kier molecular flexibility index (Phi) is 11.6. The molecule has 3 nitrogen and oxygen atoms in total. The minimum atomic E-state index is -0.149.